The van der Waals surface area contributed by atoms with Crippen LogP contribution in [0.2, 0.25) is 0 Å². The van der Waals surface area contributed by atoms with Crippen molar-refractivity contribution in [3.63, 3.8) is 0 Å². The van der Waals surface area contributed by atoms with Gasteiger partial charge in [-0.15, -0.1) is 0 Å². The maximum Gasteiger partial charge on any atom is 0.316 e. The van der Waals surface area contributed by atoms with Gasteiger partial charge < -0.3 is 68.7 Å². The van der Waals surface area contributed by atoms with Crippen molar-refractivity contribution in [3.8, 4) is 17.2 Å². The number of methoxy groups -OCH3 is 1. The molecule has 14 atom stereocenters. The van der Waals surface area contributed by atoms with Gasteiger partial charge in [-0.2, -0.15) is 0 Å². The summed E-state index contributed by atoms with van der Waals surface area (Å²) >= 11 is 0. The van der Waals surface area contributed by atoms with E-state index >= 15 is 0 Å². The minimum absolute atomic E-state index is 0.0171. The highest BCUT2D eigenvalue weighted by Gasteiger charge is 2.54. The van der Waals surface area contributed by atoms with E-state index in [4.69, 9.17) is 33.2 Å². The van der Waals surface area contributed by atoms with E-state index in [0.717, 1.165) is 19.2 Å². The standard InChI is InChI=1S/C42H55NO16/c1-8-42(52)16-28(33-21(35(42)41(51)53-7)13-23-34(38(33)50)37(49)32-22(36(23)48)11-20(44)12-26(32)46)57-30-14-24(43(5)6)39(18(3)55-30)59-31-15-27(47)40(19(4)56-31)58-29-10-9-25(45)17(2)54-29/h11-13,17-19,24-25,27-31,35,39-40,44-47,50,52H,8-10,14-16H2,1-7H3/t17-,18-,19-,24-,25+,27-,28?,29-,30-,31-,35?,39+,40+,42?/m0/s1. The number of fused-ring (bicyclic) bond motifs is 3. The number of likely N-dealkylation sites (N-methyl/N-ethyl adjacent to an activating group) is 1. The number of ether oxygens (including phenoxy) is 7. The van der Waals surface area contributed by atoms with E-state index in [2.05, 4.69) is 0 Å². The Balaban J connectivity index is 1.14. The number of benzene rings is 2. The second kappa shape index (κ2) is 16.6. The Hall–Kier alpha value is -3.75. The average Bonchev–Trinajstić information content (AvgIpc) is 3.16. The zero-order chi connectivity index (χ0) is 42.8. The number of phenolic OH excluding ortho intramolecular Hbond substituents is 3. The number of aliphatic hydroxyl groups excluding tert-OH is 2. The van der Waals surface area contributed by atoms with Gasteiger partial charge in [0.2, 0.25) is 5.78 Å². The summed E-state index contributed by atoms with van der Waals surface area (Å²) in [4.78, 5) is 43.2. The molecule has 3 aliphatic heterocycles. The summed E-state index contributed by atoms with van der Waals surface area (Å²) in [6.07, 6.45) is -6.82. The number of rotatable bonds is 9. The van der Waals surface area contributed by atoms with Crippen LogP contribution in [-0.4, -0.2) is 148 Å². The maximum atomic E-state index is 13.9. The summed E-state index contributed by atoms with van der Waals surface area (Å²) in [5.74, 6) is -5.69. The molecule has 3 unspecified atom stereocenters. The zero-order valence-corrected chi connectivity index (χ0v) is 34.2. The van der Waals surface area contributed by atoms with Crippen LogP contribution in [0.5, 0.6) is 17.2 Å². The van der Waals surface area contributed by atoms with Crippen molar-refractivity contribution in [2.24, 2.45) is 0 Å². The number of carbonyl (C=O) groups excluding carboxylic acids is 3. The molecule has 0 amide bonds. The van der Waals surface area contributed by atoms with Gasteiger partial charge >= 0.3 is 5.97 Å². The van der Waals surface area contributed by atoms with Gasteiger partial charge in [0, 0.05) is 54.5 Å². The van der Waals surface area contributed by atoms with Gasteiger partial charge in [0.15, 0.2) is 24.7 Å². The quantitative estimate of drug-likeness (QED) is 0.170. The van der Waals surface area contributed by atoms with Gasteiger partial charge in [-0.1, -0.05) is 6.92 Å². The number of hydrogen-bond donors (Lipinski definition) is 6. The zero-order valence-electron chi connectivity index (χ0n) is 34.2. The molecule has 0 spiro atoms. The van der Waals surface area contributed by atoms with Crippen molar-refractivity contribution < 1.29 is 78.2 Å². The molecule has 6 N–H and O–H groups in total. The Morgan fingerprint density at radius 3 is 2.07 bits per heavy atom. The first-order chi connectivity index (χ1) is 27.9. The van der Waals surface area contributed by atoms with Crippen LogP contribution in [0.15, 0.2) is 18.2 Å². The third-order valence-corrected chi connectivity index (χ3v) is 12.7. The van der Waals surface area contributed by atoms with Crippen LogP contribution in [0.4, 0.5) is 0 Å². The Kier molecular flexibility index (Phi) is 12.2. The van der Waals surface area contributed by atoms with Crippen LogP contribution >= 0.6 is 0 Å². The first-order valence-electron chi connectivity index (χ1n) is 20.2. The topological polar surface area (TPSA) is 240 Å². The predicted molar refractivity (Wildman–Crippen MR) is 204 cm³/mol. The SMILES string of the molecule is CCC1(O)CC(O[C@H]2C[C@H](N(C)C)[C@H](O[C@H]3C[C@H](O)[C@H](O[C@H]4CC[C@@H](O)[C@H](C)O4)[C@H](C)O3)[C@H](C)O2)c2c(cc3c(c2O)C(=O)c2c(O)cc(O)cc2C3=O)C1C(=O)OC. The number of hydrogen-bond acceptors (Lipinski definition) is 17. The molecule has 17 heteroatoms. The lowest BCUT2D eigenvalue weighted by Crippen LogP contribution is -2.58. The fourth-order valence-electron chi connectivity index (χ4n) is 9.44. The highest BCUT2D eigenvalue weighted by molar-refractivity contribution is 6.30. The van der Waals surface area contributed by atoms with Crippen molar-refractivity contribution in [2.75, 3.05) is 21.2 Å². The Bertz CT molecular complexity index is 1940. The van der Waals surface area contributed by atoms with Gasteiger partial charge in [-0.3, -0.25) is 14.4 Å². The molecule has 0 bridgehead atoms. The fourth-order valence-corrected chi connectivity index (χ4v) is 9.44. The normalized spacial score (nSPS) is 37.1. The molecule has 3 fully saturated rings. The molecule has 3 saturated heterocycles. The van der Waals surface area contributed by atoms with Crippen LogP contribution in [0, 0.1) is 0 Å². The second-order valence-electron chi connectivity index (χ2n) is 16.7. The predicted octanol–water partition coefficient (Wildman–Crippen LogP) is 2.66. The molecule has 5 aliphatic rings. The summed E-state index contributed by atoms with van der Waals surface area (Å²) in [6, 6.07) is 2.88. The summed E-state index contributed by atoms with van der Waals surface area (Å²) in [5, 5.41) is 66.1. The lowest BCUT2D eigenvalue weighted by Gasteiger charge is -2.48. The number of phenols is 3. The monoisotopic (exact) mass is 829 g/mol. The smallest absolute Gasteiger partial charge is 0.316 e. The molecule has 17 nitrogen and oxygen atoms in total. The van der Waals surface area contributed by atoms with Crippen molar-refractivity contribution >= 4 is 17.5 Å². The largest absolute Gasteiger partial charge is 0.508 e. The van der Waals surface area contributed by atoms with Crippen LogP contribution in [-0.2, 0) is 38.0 Å². The van der Waals surface area contributed by atoms with Crippen LogP contribution < -0.4 is 0 Å². The van der Waals surface area contributed by atoms with E-state index in [-0.39, 0.29) is 54.0 Å². The lowest BCUT2D eigenvalue weighted by molar-refractivity contribution is -0.328. The Labute approximate surface area is 341 Å². The molecule has 2 aromatic rings. The van der Waals surface area contributed by atoms with Gasteiger partial charge in [0.1, 0.15) is 35.4 Å². The number of aromatic hydroxyl groups is 3. The molecule has 0 saturated carbocycles. The third kappa shape index (κ3) is 7.86. The molecule has 0 aromatic heterocycles. The van der Waals surface area contributed by atoms with E-state index in [0.29, 0.717) is 12.8 Å². The lowest BCUT2D eigenvalue weighted by atomic mass is 9.67. The molecular formula is C42H55NO16. The van der Waals surface area contributed by atoms with Crippen molar-refractivity contribution in [3.05, 3.63) is 51.6 Å². The number of nitrogens with zero attached hydrogens (tertiary/aromatic N) is 1. The highest BCUT2D eigenvalue weighted by Crippen LogP contribution is 2.54. The minimum atomic E-state index is -1.80. The minimum Gasteiger partial charge on any atom is -0.508 e. The van der Waals surface area contributed by atoms with Gasteiger partial charge in [0.25, 0.3) is 0 Å². The maximum absolute atomic E-state index is 13.9. The van der Waals surface area contributed by atoms with Crippen molar-refractivity contribution in [1.82, 2.24) is 4.90 Å². The number of ketones is 2. The molecule has 0 radical (unpaired) electrons. The van der Waals surface area contributed by atoms with E-state index in [1.165, 1.54) is 6.07 Å². The molecule has 324 valence electrons. The van der Waals surface area contributed by atoms with Gasteiger partial charge in [0.05, 0.1) is 60.5 Å². The summed E-state index contributed by atoms with van der Waals surface area (Å²) < 4.78 is 42.7. The van der Waals surface area contributed by atoms with Crippen LogP contribution in [0.25, 0.3) is 0 Å². The summed E-state index contributed by atoms with van der Waals surface area (Å²) in [6.45, 7) is 7.02. The van der Waals surface area contributed by atoms with Crippen molar-refractivity contribution in [2.45, 2.75) is 151 Å². The second-order valence-corrected chi connectivity index (χ2v) is 16.7. The van der Waals surface area contributed by atoms with Gasteiger partial charge in [-0.25, -0.2) is 0 Å². The first-order valence-corrected chi connectivity index (χ1v) is 20.2. The van der Waals surface area contributed by atoms with E-state index < -0.39 is 125 Å². The highest BCUT2D eigenvalue weighted by atomic mass is 16.7. The summed E-state index contributed by atoms with van der Waals surface area (Å²) in [5.41, 5.74) is -3.20. The van der Waals surface area contributed by atoms with Gasteiger partial charge in [-0.05, 0) is 65.4 Å². The molecule has 2 aliphatic carbocycles. The number of esters is 1. The Morgan fingerprint density at radius 2 is 1.44 bits per heavy atom. The summed E-state index contributed by atoms with van der Waals surface area (Å²) in [7, 11) is 4.88. The number of aliphatic hydroxyl groups is 3. The van der Waals surface area contributed by atoms with E-state index in [1.54, 1.807) is 27.7 Å². The molecule has 3 heterocycles. The van der Waals surface area contributed by atoms with E-state index in [9.17, 15) is 45.0 Å². The third-order valence-electron chi connectivity index (χ3n) is 12.7. The van der Waals surface area contributed by atoms with Crippen LogP contribution in [0.3, 0.4) is 0 Å². The molecule has 59 heavy (non-hydrogen) atoms. The van der Waals surface area contributed by atoms with Crippen LogP contribution in [0.1, 0.15) is 121 Å². The van der Waals surface area contributed by atoms with E-state index in [1.807, 2.05) is 19.0 Å². The van der Waals surface area contributed by atoms with Crippen molar-refractivity contribution in [1.29, 1.82) is 0 Å². The molecular weight excluding hydrogens is 774 g/mol. The molecule has 2 aromatic carbocycles. The first kappa shape index (κ1) is 43.3. The Morgan fingerprint density at radius 1 is 0.814 bits per heavy atom. The number of carbonyl (C=O) groups is 3. The molecule has 7 rings (SSSR count). The fraction of sp³-hybridized carbons (Fsp3) is 0.643. The average molecular weight is 830 g/mol.